The maximum absolute atomic E-state index is 13.2. The Kier molecular flexibility index (Phi) is 5.84. The van der Waals surface area contributed by atoms with Crippen LogP contribution in [0.5, 0.6) is 0 Å². The lowest BCUT2D eigenvalue weighted by Crippen LogP contribution is -2.51. The van der Waals surface area contributed by atoms with Crippen molar-refractivity contribution in [2.45, 2.75) is 30.8 Å². The molecule has 0 saturated carbocycles. The van der Waals surface area contributed by atoms with E-state index >= 15 is 0 Å². The van der Waals surface area contributed by atoms with Crippen LogP contribution in [0.4, 0.5) is 4.79 Å². The molecule has 1 fully saturated rings. The van der Waals surface area contributed by atoms with Gasteiger partial charge in [-0.25, -0.2) is 9.59 Å². The first-order valence-electron chi connectivity index (χ1n) is 13.5. The van der Waals surface area contributed by atoms with Crippen molar-refractivity contribution in [1.82, 2.24) is 9.96 Å². The normalized spacial score (nSPS) is 20.8. The van der Waals surface area contributed by atoms with Gasteiger partial charge < -0.3 is 19.3 Å². The third-order valence-corrected chi connectivity index (χ3v) is 8.14. The smallest absolute Gasteiger partial charge is 0.409 e. The Morgan fingerprint density at radius 3 is 2.10 bits per heavy atom. The van der Waals surface area contributed by atoms with Crippen LogP contribution in [0, 0.1) is 0 Å². The van der Waals surface area contributed by atoms with Crippen molar-refractivity contribution in [2.24, 2.45) is 5.16 Å². The first-order chi connectivity index (χ1) is 19.9. The molecule has 10 nitrogen and oxygen atoms in total. The Balaban J connectivity index is 0.981. The summed E-state index contributed by atoms with van der Waals surface area (Å²) < 4.78 is 5.82. The Morgan fingerprint density at radius 1 is 0.878 bits per heavy atom. The molecular weight excluding hydrogens is 526 g/mol. The summed E-state index contributed by atoms with van der Waals surface area (Å²) in [6.45, 7) is 0.860. The van der Waals surface area contributed by atoms with Crippen molar-refractivity contribution >= 4 is 29.6 Å². The van der Waals surface area contributed by atoms with E-state index in [4.69, 9.17) is 14.4 Å². The second kappa shape index (κ2) is 9.58. The number of oxime groups is 1. The number of ether oxygens (including phenoxy) is 1. The molecule has 10 heteroatoms. The highest BCUT2D eigenvalue weighted by Gasteiger charge is 2.48. The molecule has 3 heterocycles. The first-order valence-corrected chi connectivity index (χ1v) is 13.5. The molecule has 0 radical (unpaired) electrons. The fourth-order valence-electron chi connectivity index (χ4n) is 6.17. The van der Waals surface area contributed by atoms with E-state index in [0.29, 0.717) is 24.4 Å². The average Bonchev–Trinajstić information content (AvgIpc) is 3.63. The van der Waals surface area contributed by atoms with Crippen LogP contribution in [0.2, 0.25) is 0 Å². The molecule has 3 amide bonds. The minimum Gasteiger partial charge on any atom is -0.448 e. The third-order valence-electron chi connectivity index (χ3n) is 8.14. The molecule has 3 aromatic rings. The van der Waals surface area contributed by atoms with E-state index in [1.807, 2.05) is 24.3 Å². The topological polar surface area (TPSA) is 115 Å². The maximum Gasteiger partial charge on any atom is 0.409 e. The maximum atomic E-state index is 13.2. The number of amides is 3. The quantitative estimate of drug-likeness (QED) is 0.444. The molecule has 1 unspecified atom stereocenters. The zero-order chi connectivity index (χ0) is 28.1. The lowest BCUT2D eigenvalue weighted by Gasteiger charge is -2.37. The van der Waals surface area contributed by atoms with Crippen LogP contribution in [-0.2, 0) is 19.2 Å². The summed E-state index contributed by atoms with van der Waals surface area (Å²) in [5, 5.41) is 4.37. The number of nitrogens with zero attached hydrogens (tertiary/aromatic N) is 3. The number of hydroxylamine groups is 2. The van der Waals surface area contributed by atoms with Gasteiger partial charge in [-0.05, 0) is 47.2 Å². The summed E-state index contributed by atoms with van der Waals surface area (Å²) in [5.41, 5.74) is 3.91. The molecule has 0 bridgehead atoms. The number of rotatable bonds is 4. The van der Waals surface area contributed by atoms with E-state index in [1.165, 1.54) is 12.1 Å². The molecule has 1 aliphatic carbocycles. The van der Waals surface area contributed by atoms with Gasteiger partial charge in [-0.3, -0.25) is 9.59 Å². The van der Waals surface area contributed by atoms with E-state index in [0.717, 1.165) is 22.3 Å². The largest absolute Gasteiger partial charge is 0.448 e. The Bertz CT molecular complexity index is 1570. The molecule has 0 aromatic heterocycles. The summed E-state index contributed by atoms with van der Waals surface area (Å²) in [6.07, 6.45) is 0.798. The molecular formula is C31H25N3O7. The summed E-state index contributed by atoms with van der Waals surface area (Å²) in [6, 6.07) is 22.5. The second-order valence-electron chi connectivity index (χ2n) is 10.6. The number of piperidine rings is 1. The van der Waals surface area contributed by atoms with E-state index in [-0.39, 0.29) is 42.3 Å². The Morgan fingerprint density at radius 2 is 1.46 bits per heavy atom. The molecule has 3 aromatic carbocycles. The van der Waals surface area contributed by atoms with Gasteiger partial charge in [0.25, 0.3) is 11.8 Å². The van der Waals surface area contributed by atoms with E-state index in [9.17, 15) is 19.2 Å². The predicted octanol–water partition coefficient (Wildman–Crippen LogP) is 4.30. The molecule has 41 heavy (non-hydrogen) atoms. The van der Waals surface area contributed by atoms with Crippen molar-refractivity contribution < 1.29 is 33.6 Å². The monoisotopic (exact) mass is 551 g/mol. The average molecular weight is 552 g/mol. The number of likely N-dealkylation sites (tertiary alicyclic amines) is 1. The van der Waals surface area contributed by atoms with Gasteiger partial charge in [0.2, 0.25) is 0 Å². The van der Waals surface area contributed by atoms with Crippen LogP contribution in [0.15, 0.2) is 78.0 Å². The van der Waals surface area contributed by atoms with Crippen LogP contribution in [0.1, 0.15) is 57.0 Å². The van der Waals surface area contributed by atoms with Gasteiger partial charge in [0, 0.05) is 18.9 Å². The fourth-order valence-corrected chi connectivity index (χ4v) is 6.17. The summed E-state index contributed by atoms with van der Waals surface area (Å²) in [4.78, 5) is 63.6. The second-order valence-corrected chi connectivity index (χ2v) is 10.6. The summed E-state index contributed by atoms with van der Waals surface area (Å²) in [7, 11) is 0. The highest BCUT2D eigenvalue weighted by Crippen LogP contribution is 2.44. The van der Waals surface area contributed by atoms with Crippen LogP contribution in [0.3, 0.4) is 0 Å². The zero-order valence-electron chi connectivity index (χ0n) is 21.9. The number of hydrogen-bond donors (Lipinski definition) is 0. The molecule has 1 saturated heterocycles. The fraction of sp³-hybridized carbons (Fsp3) is 0.258. The summed E-state index contributed by atoms with van der Waals surface area (Å²) in [5.74, 6) is -2.44. The molecule has 4 aliphatic rings. The third kappa shape index (κ3) is 4.14. The van der Waals surface area contributed by atoms with E-state index < -0.39 is 29.5 Å². The van der Waals surface area contributed by atoms with Gasteiger partial charge in [-0.1, -0.05) is 70.9 Å². The molecule has 206 valence electrons. The lowest BCUT2D eigenvalue weighted by molar-refractivity contribution is -0.159. The van der Waals surface area contributed by atoms with Gasteiger partial charge in [-0.15, -0.1) is 0 Å². The zero-order valence-corrected chi connectivity index (χ0v) is 21.9. The van der Waals surface area contributed by atoms with Gasteiger partial charge in [0.1, 0.15) is 6.61 Å². The lowest BCUT2D eigenvalue weighted by atomic mass is 9.88. The van der Waals surface area contributed by atoms with Crippen LogP contribution in [-0.4, -0.2) is 64.8 Å². The van der Waals surface area contributed by atoms with Crippen molar-refractivity contribution in [3.8, 4) is 11.1 Å². The van der Waals surface area contributed by atoms with Crippen molar-refractivity contribution in [2.75, 3.05) is 19.7 Å². The number of imide groups is 1. The van der Waals surface area contributed by atoms with Gasteiger partial charge >= 0.3 is 12.1 Å². The standard InChI is InChI=1S/C31H25N3O7/c35-27-23-12-5-6-13-24(23)28(36)34(27)40-29(37)26-16-31(41-32-26)14-7-15-33(18-31)30(38)39-17-25-21-10-3-1-8-19(21)20-9-2-4-11-22(20)25/h1-6,8-13,25H,7,14-18H2. The van der Waals surface area contributed by atoms with Crippen molar-refractivity contribution in [1.29, 1.82) is 0 Å². The number of carbonyl (C=O) groups is 4. The van der Waals surface area contributed by atoms with Gasteiger partial charge in [0.05, 0.1) is 17.7 Å². The first kappa shape index (κ1) is 25.0. The Hall–Kier alpha value is -4.99. The summed E-state index contributed by atoms with van der Waals surface area (Å²) >= 11 is 0. The predicted molar refractivity (Wildman–Crippen MR) is 145 cm³/mol. The van der Waals surface area contributed by atoms with Crippen LogP contribution < -0.4 is 0 Å². The molecule has 7 rings (SSSR count). The van der Waals surface area contributed by atoms with E-state index in [1.54, 1.807) is 17.0 Å². The minimum atomic E-state index is -0.949. The highest BCUT2D eigenvalue weighted by atomic mass is 16.7. The Labute approximate surface area is 235 Å². The molecule has 1 atom stereocenters. The SMILES string of the molecule is O=C(ON1C(=O)c2ccccc2C1=O)C1=NOC2(CCCN(C(=O)OCC3c4ccccc4-c4ccccc43)C2)C1. The van der Waals surface area contributed by atoms with Gasteiger partial charge in [0.15, 0.2) is 11.3 Å². The number of carbonyl (C=O) groups excluding carboxylic acids is 4. The van der Waals surface area contributed by atoms with Crippen molar-refractivity contribution in [3.63, 3.8) is 0 Å². The number of hydrogen-bond acceptors (Lipinski definition) is 8. The van der Waals surface area contributed by atoms with Crippen molar-refractivity contribution in [3.05, 3.63) is 95.1 Å². The molecule has 1 spiro atoms. The van der Waals surface area contributed by atoms with E-state index in [2.05, 4.69) is 29.4 Å². The minimum absolute atomic E-state index is 0.0558. The molecule has 0 N–H and O–H groups in total. The van der Waals surface area contributed by atoms with Crippen LogP contribution in [0.25, 0.3) is 11.1 Å². The number of fused-ring (bicyclic) bond motifs is 4. The highest BCUT2D eigenvalue weighted by molar-refractivity contribution is 6.37. The number of benzene rings is 3. The molecule has 3 aliphatic heterocycles. The van der Waals surface area contributed by atoms with Gasteiger partial charge in [-0.2, -0.15) is 0 Å². The van der Waals surface area contributed by atoms with Crippen LogP contribution >= 0.6 is 0 Å².